The second-order valence-electron chi connectivity index (χ2n) is 8.38. The summed E-state index contributed by atoms with van der Waals surface area (Å²) in [5, 5.41) is 4.31. The van der Waals surface area contributed by atoms with Crippen LogP contribution in [0.25, 0.3) is 10.9 Å². The average Bonchev–Trinajstić information content (AvgIpc) is 2.65. The molecule has 1 aliphatic carbocycles. The van der Waals surface area contributed by atoms with Gasteiger partial charge in [-0.1, -0.05) is 26.0 Å². The third kappa shape index (κ3) is 3.01. The van der Waals surface area contributed by atoms with Crippen molar-refractivity contribution in [1.82, 2.24) is 10.3 Å². The molecule has 0 saturated heterocycles. The maximum Gasteiger partial charge on any atom is 0.336 e. The lowest BCUT2D eigenvalue weighted by molar-refractivity contribution is -0.136. The molecule has 1 aliphatic heterocycles. The van der Waals surface area contributed by atoms with E-state index in [0.29, 0.717) is 17.6 Å². The molecule has 2 aliphatic rings. The lowest BCUT2D eigenvalue weighted by Crippen LogP contribution is -2.38. The largest absolute Gasteiger partial charge is 0.466 e. The minimum absolute atomic E-state index is 0.0870. The van der Waals surface area contributed by atoms with E-state index in [-0.39, 0.29) is 11.2 Å². The van der Waals surface area contributed by atoms with Gasteiger partial charge in [0.1, 0.15) is 0 Å². The molecule has 1 atom stereocenters. The fourth-order valence-electron chi connectivity index (χ4n) is 4.42. The molecule has 0 spiro atoms. The van der Waals surface area contributed by atoms with Gasteiger partial charge in [0.05, 0.1) is 18.2 Å². The number of rotatable bonds is 2. The monoisotopic (exact) mass is 376 g/mol. The number of nitrogens with one attached hydrogen (secondary N) is 1. The Kier molecular flexibility index (Phi) is 4.33. The summed E-state index contributed by atoms with van der Waals surface area (Å²) in [6, 6.07) is 9.79. The number of allylic oxidation sites excluding steroid dienone is 3. The van der Waals surface area contributed by atoms with Crippen LogP contribution in [0.4, 0.5) is 0 Å². The fraction of sp³-hybridized carbons (Fsp3) is 0.348. The molecule has 5 heteroatoms. The number of carbonyl (C=O) groups is 2. The van der Waals surface area contributed by atoms with E-state index in [4.69, 9.17) is 4.74 Å². The Labute approximate surface area is 164 Å². The highest BCUT2D eigenvalue weighted by Gasteiger charge is 2.43. The van der Waals surface area contributed by atoms with Gasteiger partial charge in [-0.05, 0) is 42.5 Å². The first-order valence-electron chi connectivity index (χ1n) is 9.48. The second kappa shape index (κ2) is 6.59. The highest BCUT2D eigenvalue weighted by Crippen LogP contribution is 2.47. The molecule has 1 aromatic heterocycles. The number of carbonyl (C=O) groups excluding carboxylic acids is 2. The number of ketones is 1. The highest BCUT2D eigenvalue weighted by molar-refractivity contribution is 6.04. The Morgan fingerprint density at radius 2 is 2.04 bits per heavy atom. The van der Waals surface area contributed by atoms with E-state index < -0.39 is 11.9 Å². The molecule has 0 fully saturated rings. The molecule has 1 unspecified atom stereocenters. The van der Waals surface area contributed by atoms with Crippen LogP contribution >= 0.6 is 0 Å². The van der Waals surface area contributed by atoms with Crippen LogP contribution in [-0.4, -0.2) is 23.8 Å². The van der Waals surface area contributed by atoms with Gasteiger partial charge < -0.3 is 10.1 Å². The van der Waals surface area contributed by atoms with Gasteiger partial charge in [0.25, 0.3) is 0 Å². The lowest BCUT2D eigenvalue weighted by Gasteiger charge is -2.39. The molecular formula is C23H24N2O3. The minimum atomic E-state index is -0.433. The predicted octanol–water partition coefficient (Wildman–Crippen LogP) is 4.01. The Bertz CT molecular complexity index is 1060. The third-order valence-electron chi connectivity index (χ3n) is 5.61. The van der Waals surface area contributed by atoms with Crippen LogP contribution in [0.15, 0.2) is 59.1 Å². The molecule has 5 nitrogen and oxygen atoms in total. The molecule has 0 radical (unpaired) electrons. The number of aromatic nitrogens is 1. The first-order chi connectivity index (χ1) is 13.3. The van der Waals surface area contributed by atoms with E-state index in [1.54, 1.807) is 6.20 Å². The molecule has 2 heterocycles. The van der Waals surface area contributed by atoms with Gasteiger partial charge in [-0.3, -0.25) is 9.78 Å². The number of hydrogen-bond donors (Lipinski definition) is 1. The SMILES string of the molecule is COC(=O)C1=C(C)NC2=C(C(=O)CC(C)(C)C2)C1c1ccc2ncccc2c1. The van der Waals surface area contributed by atoms with Crippen LogP contribution in [0.1, 0.15) is 45.1 Å². The molecule has 144 valence electrons. The van der Waals surface area contributed by atoms with Gasteiger partial charge in [0.2, 0.25) is 0 Å². The molecule has 2 aromatic rings. The van der Waals surface area contributed by atoms with E-state index in [1.807, 2.05) is 37.3 Å². The van der Waals surface area contributed by atoms with E-state index in [0.717, 1.165) is 34.3 Å². The Hall–Kier alpha value is -2.95. The Balaban J connectivity index is 1.93. The van der Waals surface area contributed by atoms with Crippen LogP contribution in [-0.2, 0) is 14.3 Å². The smallest absolute Gasteiger partial charge is 0.336 e. The first kappa shape index (κ1) is 18.4. The lowest BCUT2D eigenvalue weighted by atomic mass is 9.68. The maximum absolute atomic E-state index is 13.2. The van der Waals surface area contributed by atoms with Gasteiger partial charge in [0.15, 0.2) is 5.78 Å². The van der Waals surface area contributed by atoms with Gasteiger partial charge in [-0.15, -0.1) is 0 Å². The van der Waals surface area contributed by atoms with Crippen molar-refractivity contribution in [2.45, 2.75) is 39.5 Å². The van der Waals surface area contributed by atoms with Gasteiger partial charge >= 0.3 is 5.97 Å². The standard InChI is InChI=1S/C23H24N2O3/c1-13-19(22(27)28-4)20(15-7-8-16-14(10-15)6-5-9-24-16)21-17(25-13)11-23(2,3)12-18(21)26/h5-10,20,25H,11-12H2,1-4H3. The van der Waals surface area contributed by atoms with Gasteiger partial charge in [-0.25, -0.2) is 4.79 Å². The summed E-state index contributed by atoms with van der Waals surface area (Å²) in [4.78, 5) is 30.2. The number of esters is 1. The van der Waals surface area contributed by atoms with E-state index in [9.17, 15) is 9.59 Å². The summed E-state index contributed by atoms with van der Waals surface area (Å²) < 4.78 is 5.07. The molecule has 1 N–H and O–H groups in total. The maximum atomic E-state index is 13.2. The van der Waals surface area contributed by atoms with Crippen molar-refractivity contribution in [3.63, 3.8) is 0 Å². The van der Waals surface area contributed by atoms with Crippen LogP contribution < -0.4 is 5.32 Å². The van der Waals surface area contributed by atoms with Gasteiger partial charge in [-0.2, -0.15) is 0 Å². The number of fused-ring (bicyclic) bond motifs is 1. The first-order valence-corrected chi connectivity index (χ1v) is 9.48. The van der Waals surface area contributed by atoms with Crippen molar-refractivity contribution < 1.29 is 14.3 Å². The van der Waals surface area contributed by atoms with Crippen molar-refractivity contribution in [2.24, 2.45) is 5.41 Å². The number of Topliss-reactive ketones (excluding diaryl/α,β-unsaturated/α-hetero) is 1. The quantitative estimate of drug-likeness (QED) is 0.802. The fourth-order valence-corrected chi connectivity index (χ4v) is 4.42. The van der Waals surface area contributed by atoms with Crippen molar-refractivity contribution in [2.75, 3.05) is 7.11 Å². The molecule has 0 saturated carbocycles. The van der Waals surface area contributed by atoms with E-state index >= 15 is 0 Å². The van der Waals surface area contributed by atoms with Crippen molar-refractivity contribution >= 4 is 22.7 Å². The zero-order chi connectivity index (χ0) is 20.1. The summed E-state index contributed by atoms with van der Waals surface area (Å²) in [6.07, 6.45) is 2.99. The number of methoxy groups -OCH3 is 1. The topological polar surface area (TPSA) is 68.3 Å². The summed E-state index contributed by atoms with van der Waals surface area (Å²) in [5.74, 6) is -0.758. The molecule has 4 rings (SSSR count). The summed E-state index contributed by atoms with van der Waals surface area (Å²) >= 11 is 0. The molecule has 0 amide bonds. The van der Waals surface area contributed by atoms with Crippen molar-refractivity contribution in [1.29, 1.82) is 0 Å². The second-order valence-corrected chi connectivity index (χ2v) is 8.38. The van der Waals surface area contributed by atoms with Crippen LogP contribution in [0.5, 0.6) is 0 Å². The zero-order valence-electron chi connectivity index (χ0n) is 16.6. The number of hydrogen-bond acceptors (Lipinski definition) is 5. The summed E-state index contributed by atoms with van der Waals surface area (Å²) in [6.45, 7) is 6.07. The molecular weight excluding hydrogens is 352 g/mol. The van der Waals surface area contributed by atoms with Gasteiger partial charge in [0, 0.05) is 40.9 Å². The summed E-state index contributed by atoms with van der Waals surface area (Å²) in [5.41, 5.74) is 4.53. The van der Waals surface area contributed by atoms with Crippen LogP contribution in [0.2, 0.25) is 0 Å². The summed E-state index contributed by atoms with van der Waals surface area (Å²) in [7, 11) is 1.37. The van der Waals surface area contributed by atoms with Crippen molar-refractivity contribution in [3.8, 4) is 0 Å². The number of ether oxygens (including phenoxy) is 1. The number of dihydropyridines is 1. The predicted molar refractivity (Wildman–Crippen MR) is 107 cm³/mol. The zero-order valence-corrected chi connectivity index (χ0v) is 16.6. The minimum Gasteiger partial charge on any atom is -0.466 e. The highest BCUT2D eigenvalue weighted by atomic mass is 16.5. The normalized spacial score (nSPS) is 21.4. The Morgan fingerprint density at radius 3 is 2.79 bits per heavy atom. The Morgan fingerprint density at radius 1 is 1.25 bits per heavy atom. The van der Waals surface area contributed by atoms with Crippen LogP contribution in [0, 0.1) is 5.41 Å². The third-order valence-corrected chi connectivity index (χ3v) is 5.61. The number of pyridine rings is 1. The van der Waals surface area contributed by atoms with E-state index in [2.05, 4.69) is 24.1 Å². The number of nitrogens with zero attached hydrogens (tertiary/aromatic N) is 1. The van der Waals surface area contributed by atoms with Crippen molar-refractivity contribution in [3.05, 3.63) is 64.6 Å². The molecule has 28 heavy (non-hydrogen) atoms. The average molecular weight is 376 g/mol. The molecule has 1 aromatic carbocycles. The number of benzene rings is 1. The molecule has 0 bridgehead atoms. The van der Waals surface area contributed by atoms with E-state index in [1.165, 1.54) is 7.11 Å². The van der Waals surface area contributed by atoms with Crippen LogP contribution in [0.3, 0.4) is 0 Å².